The van der Waals surface area contributed by atoms with E-state index < -0.39 is 0 Å². The van der Waals surface area contributed by atoms with E-state index in [1.54, 1.807) is 0 Å². The first-order chi connectivity index (χ1) is 10.3. The molecule has 4 heteroatoms. The fourth-order valence-corrected chi connectivity index (χ4v) is 2.13. The quantitative estimate of drug-likeness (QED) is 0.693. The molecule has 0 atom stereocenters. The van der Waals surface area contributed by atoms with Gasteiger partial charge in [0.1, 0.15) is 12.4 Å². The average molecular weight is 287 g/mol. The summed E-state index contributed by atoms with van der Waals surface area (Å²) in [4.78, 5) is 0. The Hall–Kier alpha value is -1.88. The maximum Gasteiger partial charge on any atom is 0.123 e. The fourth-order valence-electron chi connectivity index (χ4n) is 2.13. The first-order valence-corrected chi connectivity index (χ1v) is 7.04. The second-order valence-corrected chi connectivity index (χ2v) is 4.76. The SMILES string of the molecule is OCCOc1ccccc1CNCc1cccc(CO)c1. The van der Waals surface area contributed by atoms with Crippen LogP contribution in [0.3, 0.4) is 0 Å². The molecule has 0 saturated heterocycles. The third-order valence-electron chi connectivity index (χ3n) is 3.14. The molecule has 0 aliphatic carbocycles. The van der Waals surface area contributed by atoms with E-state index in [1.165, 1.54) is 0 Å². The van der Waals surface area contributed by atoms with Crippen LogP contribution in [-0.4, -0.2) is 23.4 Å². The molecule has 0 saturated carbocycles. The molecule has 0 fully saturated rings. The highest BCUT2D eigenvalue weighted by Crippen LogP contribution is 2.17. The van der Waals surface area contributed by atoms with Gasteiger partial charge in [0.15, 0.2) is 0 Å². The summed E-state index contributed by atoms with van der Waals surface area (Å²) in [6, 6.07) is 15.7. The Bertz CT molecular complexity index is 557. The van der Waals surface area contributed by atoms with Gasteiger partial charge >= 0.3 is 0 Å². The van der Waals surface area contributed by atoms with Crippen LogP contribution < -0.4 is 10.1 Å². The van der Waals surface area contributed by atoms with Gasteiger partial charge in [0.2, 0.25) is 0 Å². The molecular formula is C17H21NO3. The molecule has 0 heterocycles. The number of aliphatic hydroxyl groups excluding tert-OH is 2. The van der Waals surface area contributed by atoms with Crippen molar-refractivity contribution in [3.8, 4) is 5.75 Å². The zero-order valence-electron chi connectivity index (χ0n) is 12.0. The number of aliphatic hydroxyl groups is 2. The first-order valence-electron chi connectivity index (χ1n) is 7.04. The third kappa shape index (κ3) is 4.86. The number of hydrogen-bond donors (Lipinski definition) is 3. The highest BCUT2D eigenvalue weighted by Gasteiger charge is 2.02. The van der Waals surface area contributed by atoms with Crippen molar-refractivity contribution in [1.82, 2.24) is 5.32 Å². The second kappa shape index (κ2) is 8.42. The van der Waals surface area contributed by atoms with Crippen molar-refractivity contribution in [3.63, 3.8) is 0 Å². The summed E-state index contributed by atoms with van der Waals surface area (Å²) in [7, 11) is 0. The third-order valence-corrected chi connectivity index (χ3v) is 3.14. The minimum absolute atomic E-state index is 0.00964. The molecule has 0 spiro atoms. The molecule has 0 radical (unpaired) electrons. The van der Waals surface area contributed by atoms with E-state index in [-0.39, 0.29) is 13.2 Å². The van der Waals surface area contributed by atoms with E-state index in [2.05, 4.69) is 5.32 Å². The van der Waals surface area contributed by atoms with Crippen LogP contribution in [0.25, 0.3) is 0 Å². The van der Waals surface area contributed by atoms with E-state index >= 15 is 0 Å². The lowest BCUT2D eigenvalue weighted by atomic mass is 10.1. The molecule has 2 rings (SSSR count). The minimum Gasteiger partial charge on any atom is -0.491 e. The lowest BCUT2D eigenvalue weighted by Gasteiger charge is -2.11. The highest BCUT2D eigenvalue weighted by atomic mass is 16.5. The van der Waals surface area contributed by atoms with Crippen molar-refractivity contribution in [1.29, 1.82) is 0 Å². The number of benzene rings is 2. The van der Waals surface area contributed by atoms with Gasteiger partial charge in [-0.3, -0.25) is 0 Å². The van der Waals surface area contributed by atoms with Crippen LogP contribution in [0.4, 0.5) is 0 Å². The molecule has 2 aromatic rings. The average Bonchev–Trinajstić information content (AvgIpc) is 2.54. The normalized spacial score (nSPS) is 10.6. The summed E-state index contributed by atoms with van der Waals surface area (Å²) >= 11 is 0. The molecule has 0 bridgehead atoms. The molecule has 0 aliphatic heterocycles. The molecule has 0 aliphatic rings. The molecule has 3 N–H and O–H groups in total. The van der Waals surface area contributed by atoms with Crippen molar-refractivity contribution in [2.45, 2.75) is 19.7 Å². The van der Waals surface area contributed by atoms with Crippen molar-refractivity contribution < 1.29 is 14.9 Å². The van der Waals surface area contributed by atoms with E-state index in [0.29, 0.717) is 13.2 Å². The minimum atomic E-state index is 0.00964. The van der Waals surface area contributed by atoms with Crippen LogP contribution in [0.15, 0.2) is 48.5 Å². The van der Waals surface area contributed by atoms with Gasteiger partial charge < -0.3 is 20.3 Å². The summed E-state index contributed by atoms with van der Waals surface area (Å²) in [5.74, 6) is 0.795. The van der Waals surface area contributed by atoms with E-state index in [1.807, 2.05) is 48.5 Å². The number of ether oxygens (including phenoxy) is 1. The Kier molecular flexibility index (Phi) is 6.22. The predicted octanol–water partition coefficient (Wildman–Crippen LogP) is 1.84. The lowest BCUT2D eigenvalue weighted by molar-refractivity contribution is 0.200. The molecule has 0 amide bonds. The Labute approximate surface area is 125 Å². The molecule has 21 heavy (non-hydrogen) atoms. The molecule has 0 aromatic heterocycles. The van der Waals surface area contributed by atoms with E-state index in [4.69, 9.17) is 14.9 Å². The number of rotatable bonds is 8. The molecule has 2 aromatic carbocycles. The lowest BCUT2D eigenvalue weighted by Crippen LogP contribution is -2.14. The molecule has 4 nitrogen and oxygen atoms in total. The Morgan fingerprint density at radius 1 is 0.905 bits per heavy atom. The Balaban J connectivity index is 1.90. The summed E-state index contributed by atoms with van der Waals surface area (Å²) in [6.45, 7) is 1.78. The Morgan fingerprint density at radius 3 is 2.52 bits per heavy atom. The monoisotopic (exact) mass is 287 g/mol. The smallest absolute Gasteiger partial charge is 0.123 e. The molecule has 112 valence electrons. The number of nitrogens with one attached hydrogen (secondary N) is 1. The van der Waals surface area contributed by atoms with E-state index in [0.717, 1.165) is 29.0 Å². The molecule has 0 unspecified atom stereocenters. The van der Waals surface area contributed by atoms with Gasteiger partial charge in [-0.15, -0.1) is 0 Å². The summed E-state index contributed by atoms with van der Waals surface area (Å²) in [6.07, 6.45) is 0. The summed E-state index contributed by atoms with van der Waals surface area (Å²) in [5.41, 5.74) is 3.11. The van der Waals surface area contributed by atoms with Gasteiger partial charge in [0, 0.05) is 18.7 Å². The number of para-hydroxylation sites is 1. The summed E-state index contributed by atoms with van der Waals surface area (Å²) in [5, 5.41) is 21.3. The standard InChI is InChI=1S/C17H21NO3/c19-8-9-21-17-7-2-1-6-16(17)12-18-11-14-4-3-5-15(10-14)13-20/h1-7,10,18-20H,8-9,11-13H2. The van der Waals surface area contributed by atoms with Gasteiger partial charge in [-0.1, -0.05) is 42.5 Å². The van der Waals surface area contributed by atoms with Crippen LogP contribution in [0, 0.1) is 0 Å². The van der Waals surface area contributed by atoms with Gasteiger partial charge in [-0.05, 0) is 17.2 Å². The summed E-state index contributed by atoms with van der Waals surface area (Å²) < 4.78 is 5.50. The predicted molar refractivity (Wildman–Crippen MR) is 81.9 cm³/mol. The van der Waals surface area contributed by atoms with Gasteiger partial charge in [-0.25, -0.2) is 0 Å². The van der Waals surface area contributed by atoms with Crippen LogP contribution in [0.5, 0.6) is 5.75 Å². The van der Waals surface area contributed by atoms with Gasteiger partial charge in [-0.2, -0.15) is 0 Å². The van der Waals surface area contributed by atoms with E-state index in [9.17, 15) is 0 Å². The highest BCUT2D eigenvalue weighted by molar-refractivity contribution is 5.33. The van der Waals surface area contributed by atoms with Crippen LogP contribution in [0.1, 0.15) is 16.7 Å². The Morgan fingerprint density at radius 2 is 1.71 bits per heavy atom. The van der Waals surface area contributed by atoms with Crippen molar-refractivity contribution >= 4 is 0 Å². The zero-order valence-corrected chi connectivity index (χ0v) is 12.0. The topological polar surface area (TPSA) is 61.7 Å². The maximum absolute atomic E-state index is 9.13. The largest absolute Gasteiger partial charge is 0.491 e. The van der Waals surface area contributed by atoms with Crippen LogP contribution in [-0.2, 0) is 19.7 Å². The number of hydrogen-bond acceptors (Lipinski definition) is 4. The first kappa shape index (κ1) is 15.5. The van der Waals surface area contributed by atoms with Crippen molar-refractivity contribution in [3.05, 3.63) is 65.2 Å². The van der Waals surface area contributed by atoms with Crippen molar-refractivity contribution in [2.75, 3.05) is 13.2 Å². The van der Waals surface area contributed by atoms with Gasteiger partial charge in [0.05, 0.1) is 13.2 Å². The molecular weight excluding hydrogens is 266 g/mol. The maximum atomic E-state index is 9.13. The second-order valence-electron chi connectivity index (χ2n) is 4.76. The van der Waals surface area contributed by atoms with Crippen LogP contribution >= 0.6 is 0 Å². The van der Waals surface area contributed by atoms with Gasteiger partial charge in [0.25, 0.3) is 0 Å². The fraction of sp³-hybridized carbons (Fsp3) is 0.294. The zero-order chi connectivity index (χ0) is 14.9. The van der Waals surface area contributed by atoms with Crippen LogP contribution in [0.2, 0.25) is 0 Å². The van der Waals surface area contributed by atoms with Crippen molar-refractivity contribution in [2.24, 2.45) is 0 Å².